The van der Waals surface area contributed by atoms with Gasteiger partial charge in [-0.1, -0.05) is 54.4 Å². The van der Waals surface area contributed by atoms with E-state index in [-0.39, 0.29) is 40.7 Å². The highest BCUT2D eigenvalue weighted by atomic mass is 35.5. The van der Waals surface area contributed by atoms with Gasteiger partial charge in [0.2, 0.25) is 5.88 Å². The van der Waals surface area contributed by atoms with Crippen molar-refractivity contribution < 1.29 is 14.6 Å². The zero-order valence-electron chi connectivity index (χ0n) is 20.5. The van der Waals surface area contributed by atoms with E-state index < -0.39 is 12.0 Å². The van der Waals surface area contributed by atoms with Crippen molar-refractivity contribution in [3.8, 4) is 22.8 Å². The number of aliphatic carboxylic acids is 1. The largest absolute Gasteiger partial charge is 0.480 e. The molecule has 11 heteroatoms. The molecule has 0 saturated carbocycles. The molecule has 1 unspecified atom stereocenters. The molecular formula is C26H30Cl4N4O3. The molecular weight excluding hydrogens is 558 g/mol. The van der Waals surface area contributed by atoms with Crippen molar-refractivity contribution in [1.82, 2.24) is 9.88 Å². The molecule has 1 fully saturated rings. The number of likely N-dealkylation sites (N-methyl/N-ethyl adjacent to an activating group) is 1. The number of benzene rings is 2. The van der Waals surface area contributed by atoms with Crippen LogP contribution in [0.2, 0.25) is 10.0 Å². The molecule has 0 bridgehead atoms. The number of nitrogens with zero attached hydrogens (tertiary/aromatic N) is 3. The Hall–Kier alpha value is -2.26. The number of carbonyl (C=O) groups is 1. The van der Waals surface area contributed by atoms with Gasteiger partial charge in [0.15, 0.2) is 5.82 Å². The van der Waals surface area contributed by atoms with Crippen molar-refractivity contribution in [2.45, 2.75) is 26.4 Å². The monoisotopic (exact) mass is 586 g/mol. The summed E-state index contributed by atoms with van der Waals surface area (Å²) in [6, 6.07) is 14.7. The van der Waals surface area contributed by atoms with Crippen LogP contribution in [0.25, 0.3) is 11.1 Å². The number of hydrogen-bond acceptors (Lipinski definition) is 6. The summed E-state index contributed by atoms with van der Waals surface area (Å²) in [4.78, 5) is 20.4. The summed E-state index contributed by atoms with van der Waals surface area (Å²) in [5.74, 6) is 0.144. The molecule has 2 heterocycles. The highest BCUT2D eigenvalue weighted by Gasteiger charge is 2.34. The second-order valence-corrected chi connectivity index (χ2v) is 9.38. The van der Waals surface area contributed by atoms with Crippen molar-refractivity contribution in [3.05, 3.63) is 69.7 Å². The Labute approximate surface area is 239 Å². The number of aromatic nitrogens is 1. The SMILES string of the molecule is CCN1CCN(c2nc(Oc3cc(C)cc(-c4cccc(CN)c4)c3)c(Cl)cc2Cl)C(C(=O)O)C1.Cl.Cl. The third-order valence-electron chi connectivity index (χ3n) is 6.11. The van der Waals surface area contributed by atoms with Crippen molar-refractivity contribution in [1.29, 1.82) is 0 Å². The highest BCUT2D eigenvalue weighted by molar-refractivity contribution is 6.36. The maximum absolute atomic E-state index is 12.0. The van der Waals surface area contributed by atoms with Crippen LogP contribution in [0.15, 0.2) is 48.5 Å². The molecule has 1 aromatic heterocycles. The molecule has 0 spiro atoms. The van der Waals surface area contributed by atoms with Crippen molar-refractivity contribution in [2.75, 3.05) is 31.1 Å². The first-order chi connectivity index (χ1) is 16.8. The van der Waals surface area contributed by atoms with Crippen LogP contribution < -0.4 is 15.4 Å². The Balaban J connectivity index is 0.00000241. The number of halogens is 4. The fourth-order valence-electron chi connectivity index (χ4n) is 4.27. The first-order valence-electron chi connectivity index (χ1n) is 11.5. The quantitative estimate of drug-likeness (QED) is 0.347. The maximum atomic E-state index is 12.0. The molecule has 0 radical (unpaired) electrons. The standard InChI is InChI=1S/C26H28Cl2N4O3.2ClH/c1-3-31-7-8-32(23(15-31)26(33)34)24-21(27)13-22(28)25(30-24)35-20-10-16(2)9-19(12-20)18-6-4-5-17(11-18)14-29;;/h4-6,9-13,23H,3,7-8,14-15,29H2,1-2H3,(H,33,34);2*1H. The van der Waals surface area contributed by atoms with E-state index in [1.165, 1.54) is 0 Å². The molecule has 3 aromatic rings. The number of piperazine rings is 1. The van der Waals surface area contributed by atoms with E-state index in [0.717, 1.165) is 28.8 Å². The van der Waals surface area contributed by atoms with Crippen LogP contribution in [0.3, 0.4) is 0 Å². The van der Waals surface area contributed by atoms with Crippen LogP contribution in [0.4, 0.5) is 5.82 Å². The Kier molecular flexibility index (Phi) is 11.3. The number of aryl methyl sites for hydroxylation is 1. The Morgan fingerprint density at radius 3 is 2.54 bits per heavy atom. The molecule has 2 aromatic carbocycles. The minimum atomic E-state index is -0.929. The van der Waals surface area contributed by atoms with Gasteiger partial charge >= 0.3 is 5.97 Å². The van der Waals surface area contributed by atoms with Crippen LogP contribution in [-0.4, -0.2) is 53.2 Å². The van der Waals surface area contributed by atoms with E-state index in [2.05, 4.69) is 16.0 Å². The molecule has 1 aliphatic heterocycles. The third kappa shape index (κ3) is 7.19. The second-order valence-electron chi connectivity index (χ2n) is 8.56. The molecule has 7 nitrogen and oxygen atoms in total. The number of ether oxygens (including phenoxy) is 1. The summed E-state index contributed by atoms with van der Waals surface area (Å²) in [5.41, 5.74) is 9.84. The van der Waals surface area contributed by atoms with Crippen LogP contribution in [0.1, 0.15) is 18.1 Å². The van der Waals surface area contributed by atoms with E-state index in [9.17, 15) is 9.90 Å². The predicted octanol–water partition coefficient (Wildman–Crippen LogP) is 6.05. The topological polar surface area (TPSA) is 91.9 Å². The molecule has 1 saturated heterocycles. The van der Waals surface area contributed by atoms with Crippen LogP contribution in [-0.2, 0) is 11.3 Å². The predicted molar refractivity (Wildman–Crippen MR) is 154 cm³/mol. The van der Waals surface area contributed by atoms with Crippen molar-refractivity contribution >= 4 is 59.8 Å². The van der Waals surface area contributed by atoms with Gasteiger partial charge in [0.1, 0.15) is 16.8 Å². The zero-order chi connectivity index (χ0) is 25.1. The van der Waals surface area contributed by atoms with Gasteiger partial charge in [0.05, 0.1) is 5.02 Å². The van der Waals surface area contributed by atoms with Crippen molar-refractivity contribution in [3.63, 3.8) is 0 Å². The molecule has 3 N–H and O–H groups in total. The lowest BCUT2D eigenvalue weighted by molar-refractivity contribution is -0.139. The fourth-order valence-corrected chi connectivity index (χ4v) is 4.77. The van der Waals surface area contributed by atoms with Crippen molar-refractivity contribution in [2.24, 2.45) is 5.73 Å². The van der Waals surface area contributed by atoms with E-state index in [0.29, 0.717) is 37.7 Å². The summed E-state index contributed by atoms with van der Waals surface area (Å²) < 4.78 is 6.12. The summed E-state index contributed by atoms with van der Waals surface area (Å²) in [5, 5.41) is 10.4. The van der Waals surface area contributed by atoms with Gasteiger partial charge in [-0.15, -0.1) is 24.8 Å². The van der Waals surface area contributed by atoms with Gasteiger partial charge in [0, 0.05) is 26.2 Å². The fraction of sp³-hybridized carbons (Fsp3) is 0.308. The molecule has 200 valence electrons. The summed E-state index contributed by atoms with van der Waals surface area (Å²) in [6.07, 6.45) is 0. The van der Waals surface area contributed by atoms with E-state index >= 15 is 0 Å². The maximum Gasteiger partial charge on any atom is 0.327 e. The Morgan fingerprint density at radius 1 is 1.11 bits per heavy atom. The lowest BCUT2D eigenvalue weighted by Gasteiger charge is -2.39. The Bertz CT molecular complexity index is 1240. The lowest BCUT2D eigenvalue weighted by atomic mass is 10.0. The number of pyridine rings is 1. The summed E-state index contributed by atoms with van der Waals surface area (Å²) >= 11 is 12.9. The number of anilines is 1. The number of carboxylic acid groups (broad SMARTS) is 1. The van der Waals surface area contributed by atoms with Crippen LogP contribution in [0, 0.1) is 6.92 Å². The molecule has 1 atom stereocenters. The number of carboxylic acids is 1. The normalized spacial score (nSPS) is 15.5. The van der Waals surface area contributed by atoms with Gasteiger partial charge in [-0.25, -0.2) is 4.79 Å². The third-order valence-corrected chi connectivity index (χ3v) is 6.66. The number of rotatable bonds is 7. The minimum absolute atomic E-state index is 0. The smallest absolute Gasteiger partial charge is 0.327 e. The summed E-state index contributed by atoms with van der Waals surface area (Å²) in [7, 11) is 0. The molecule has 4 rings (SSSR count). The average Bonchev–Trinajstić information content (AvgIpc) is 2.85. The van der Waals surface area contributed by atoms with Gasteiger partial charge in [0.25, 0.3) is 0 Å². The lowest BCUT2D eigenvalue weighted by Crippen LogP contribution is -2.56. The molecule has 37 heavy (non-hydrogen) atoms. The van der Waals surface area contributed by atoms with Gasteiger partial charge in [-0.3, -0.25) is 4.90 Å². The molecule has 1 aliphatic rings. The molecule has 0 amide bonds. The van der Waals surface area contributed by atoms with Gasteiger partial charge < -0.3 is 20.5 Å². The van der Waals surface area contributed by atoms with Gasteiger partial charge in [-0.2, -0.15) is 4.98 Å². The zero-order valence-corrected chi connectivity index (χ0v) is 23.6. The van der Waals surface area contributed by atoms with E-state index in [1.807, 2.05) is 50.2 Å². The minimum Gasteiger partial charge on any atom is -0.480 e. The van der Waals surface area contributed by atoms with Crippen LogP contribution >= 0.6 is 48.0 Å². The first kappa shape index (κ1) is 31.0. The van der Waals surface area contributed by atoms with E-state index in [1.54, 1.807) is 11.0 Å². The van der Waals surface area contributed by atoms with Crippen LogP contribution in [0.5, 0.6) is 11.6 Å². The number of nitrogens with two attached hydrogens (primary N) is 1. The Morgan fingerprint density at radius 2 is 1.86 bits per heavy atom. The molecule has 0 aliphatic carbocycles. The summed E-state index contributed by atoms with van der Waals surface area (Å²) in [6.45, 7) is 6.79. The number of hydrogen-bond donors (Lipinski definition) is 2. The van der Waals surface area contributed by atoms with E-state index in [4.69, 9.17) is 33.7 Å². The average molecular weight is 588 g/mol. The first-order valence-corrected chi connectivity index (χ1v) is 12.2. The van der Waals surface area contributed by atoms with Gasteiger partial charge in [-0.05, 0) is 60.0 Å². The second kappa shape index (κ2) is 13.5. The highest BCUT2D eigenvalue weighted by Crippen LogP contribution is 2.37.